The molecule has 1 unspecified atom stereocenters. The van der Waals surface area contributed by atoms with Gasteiger partial charge in [-0.25, -0.2) is 0 Å². The Morgan fingerprint density at radius 1 is 1.18 bits per heavy atom. The van der Waals surface area contributed by atoms with Crippen LogP contribution in [0.1, 0.15) is 56.6 Å². The van der Waals surface area contributed by atoms with Crippen molar-refractivity contribution in [3.63, 3.8) is 0 Å². The molecule has 94 valence electrons. The Kier molecular flexibility index (Phi) is 4.43. The predicted octanol–water partition coefficient (Wildman–Crippen LogP) is 3.66. The van der Waals surface area contributed by atoms with E-state index in [1.165, 1.54) is 32.1 Å². The summed E-state index contributed by atoms with van der Waals surface area (Å²) < 4.78 is 0. The smallest absolute Gasteiger partial charge is 0.0810 e. The number of nitrogen functional groups attached to an aromatic ring is 1. The van der Waals surface area contributed by atoms with Crippen molar-refractivity contribution in [2.24, 2.45) is 5.92 Å². The first kappa shape index (κ1) is 12.4. The van der Waals surface area contributed by atoms with E-state index >= 15 is 0 Å². The van der Waals surface area contributed by atoms with Crippen molar-refractivity contribution >= 4 is 5.69 Å². The summed E-state index contributed by atoms with van der Waals surface area (Å²) in [5.41, 5.74) is 7.47. The lowest BCUT2D eigenvalue weighted by atomic mass is 9.85. The highest BCUT2D eigenvalue weighted by Crippen LogP contribution is 2.31. The SMILES string of the molecule is Nc1ccccc1C(O)CCC1CCCCC1. The Balaban J connectivity index is 1.84. The van der Waals surface area contributed by atoms with E-state index in [1.807, 2.05) is 24.3 Å². The fourth-order valence-corrected chi connectivity index (χ4v) is 2.84. The maximum Gasteiger partial charge on any atom is 0.0810 e. The number of para-hydroxylation sites is 1. The maximum absolute atomic E-state index is 10.2. The van der Waals surface area contributed by atoms with Crippen molar-refractivity contribution in [2.45, 2.75) is 51.0 Å². The molecule has 17 heavy (non-hydrogen) atoms. The van der Waals surface area contributed by atoms with Gasteiger partial charge in [-0.1, -0.05) is 50.3 Å². The van der Waals surface area contributed by atoms with Crippen molar-refractivity contribution in [1.82, 2.24) is 0 Å². The average molecular weight is 233 g/mol. The van der Waals surface area contributed by atoms with Crippen LogP contribution in [0, 0.1) is 5.92 Å². The van der Waals surface area contributed by atoms with Gasteiger partial charge in [0.25, 0.3) is 0 Å². The van der Waals surface area contributed by atoms with E-state index in [4.69, 9.17) is 5.73 Å². The molecule has 1 atom stereocenters. The number of anilines is 1. The van der Waals surface area contributed by atoms with Crippen LogP contribution in [0.3, 0.4) is 0 Å². The molecule has 2 heteroatoms. The quantitative estimate of drug-likeness (QED) is 0.779. The van der Waals surface area contributed by atoms with Gasteiger partial charge in [0.1, 0.15) is 0 Å². The Hall–Kier alpha value is -1.02. The molecular formula is C15H23NO. The molecule has 3 N–H and O–H groups in total. The third kappa shape index (κ3) is 3.47. The fraction of sp³-hybridized carbons (Fsp3) is 0.600. The van der Waals surface area contributed by atoms with Gasteiger partial charge in [-0.15, -0.1) is 0 Å². The topological polar surface area (TPSA) is 46.2 Å². The Labute approximate surface area is 104 Å². The number of benzene rings is 1. The molecule has 0 spiro atoms. The summed E-state index contributed by atoms with van der Waals surface area (Å²) in [4.78, 5) is 0. The second-order valence-electron chi connectivity index (χ2n) is 5.23. The van der Waals surface area contributed by atoms with Gasteiger partial charge in [0, 0.05) is 11.3 Å². The molecule has 0 saturated heterocycles. The lowest BCUT2D eigenvalue weighted by Gasteiger charge is -2.23. The van der Waals surface area contributed by atoms with Gasteiger partial charge in [0.05, 0.1) is 6.10 Å². The van der Waals surface area contributed by atoms with Crippen molar-refractivity contribution in [1.29, 1.82) is 0 Å². The minimum atomic E-state index is -0.391. The first-order valence-electron chi connectivity index (χ1n) is 6.80. The van der Waals surface area contributed by atoms with Crippen molar-refractivity contribution in [2.75, 3.05) is 5.73 Å². The van der Waals surface area contributed by atoms with Gasteiger partial charge < -0.3 is 10.8 Å². The number of aliphatic hydroxyl groups excluding tert-OH is 1. The molecule has 1 saturated carbocycles. The number of nitrogens with two attached hydrogens (primary N) is 1. The molecular weight excluding hydrogens is 210 g/mol. The lowest BCUT2D eigenvalue weighted by Crippen LogP contribution is -2.09. The zero-order chi connectivity index (χ0) is 12.1. The van der Waals surface area contributed by atoms with E-state index in [0.717, 1.165) is 24.3 Å². The van der Waals surface area contributed by atoms with Gasteiger partial charge in [-0.05, 0) is 24.8 Å². The maximum atomic E-state index is 10.2. The van der Waals surface area contributed by atoms with Crippen LogP contribution in [-0.4, -0.2) is 5.11 Å². The summed E-state index contributed by atoms with van der Waals surface area (Å²) >= 11 is 0. The van der Waals surface area contributed by atoms with E-state index in [1.54, 1.807) is 0 Å². The third-order valence-corrected chi connectivity index (χ3v) is 3.93. The van der Waals surface area contributed by atoms with Crippen molar-refractivity contribution in [3.8, 4) is 0 Å². The molecule has 1 aliphatic rings. The van der Waals surface area contributed by atoms with Gasteiger partial charge >= 0.3 is 0 Å². The number of rotatable bonds is 4. The number of hydrogen-bond acceptors (Lipinski definition) is 2. The Morgan fingerprint density at radius 3 is 2.59 bits per heavy atom. The van der Waals surface area contributed by atoms with Crippen LogP contribution in [0.4, 0.5) is 5.69 Å². The fourth-order valence-electron chi connectivity index (χ4n) is 2.84. The van der Waals surface area contributed by atoms with E-state index in [0.29, 0.717) is 5.69 Å². The predicted molar refractivity (Wildman–Crippen MR) is 71.6 cm³/mol. The second-order valence-corrected chi connectivity index (χ2v) is 5.23. The molecule has 1 aliphatic carbocycles. The number of aliphatic hydroxyl groups is 1. The zero-order valence-corrected chi connectivity index (χ0v) is 10.4. The highest BCUT2D eigenvalue weighted by atomic mass is 16.3. The van der Waals surface area contributed by atoms with E-state index < -0.39 is 6.10 Å². The summed E-state index contributed by atoms with van der Waals surface area (Å²) in [5.74, 6) is 0.823. The first-order chi connectivity index (χ1) is 8.27. The lowest BCUT2D eigenvalue weighted by molar-refractivity contribution is 0.152. The normalized spacial score (nSPS) is 19.1. The van der Waals surface area contributed by atoms with Crippen molar-refractivity contribution < 1.29 is 5.11 Å². The molecule has 0 aromatic heterocycles. The summed E-state index contributed by atoms with van der Waals surface area (Å²) in [7, 11) is 0. The molecule has 2 rings (SSSR count). The van der Waals surface area contributed by atoms with E-state index in [2.05, 4.69) is 0 Å². The molecule has 0 heterocycles. The summed E-state index contributed by atoms with van der Waals surface area (Å²) in [6, 6.07) is 7.64. The summed E-state index contributed by atoms with van der Waals surface area (Å²) in [5, 5.41) is 10.2. The van der Waals surface area contributed by atoms with Crippen molar-refractivity contribution in [3.05, 3.63) is 29.8 Å². The average Bonchev–Trinajstić information content (AvgIpc) is 2.38. The van der Waals surface area contributed by atoms with Crippen LogP contribution in [-0.2, 0) is 0 Å². The molecule has 2 nitrogen and oxygen atoms in total. The van der Waals surface area contributed by atoms with E-state index in [9.17, 15) is 5.11 Å². The monoisotopic (exact) mass is 233 g/mol. The highest BCUT2D eigenvalue weighted by molar-refractivity contribution is 5.47. The van der Waals surface area contributed by atoms with Crippen LogP contribution < -0.4 is 5.73 Å². The minimum absolute atomic E-state index is 0.391. The largest absolute Gasteiger partial charge is 0.398 e. The number of hydrogen-bond donors (Lipinski definition) is 2. The van der Waals surface area contributed by atoms with Gasteiger partial charge in [0.2, 0.25) is 0 Å². The van der Waals surface area contributed by atoms with Crippen LogP contribution in [0.15, 0.2) is 24.3 Å². The molecule has 0 bridgehead atoms. The van der Waals surface area contributed by atoms with Gasteiger partial charge in [0.15, 0.2) is 0 Å². The molecule has 0 radical (unpaired) electrons. The molecule has 0 aliphatic heterocycles. The standard InChI is InChI=1S/C15H23NO/c16-14-9-5-4-8-13(14)15(17)11-10-12-6-2-1-3-7-12/h4-5,8-9,12,15,17H,1-3,6-7,10-11,16H2. The molecule has 1 aromatic carbocycles. The molecule has 1 aromatic rings. The minimum Gasteiger partial charge on any atom is -0.398 e. The van der Waals surface area contributed by atoms with E-state index in [-0.39, 0.29) is 0 Å². The Bertz CT molecular complexity index is 345. The molecule has 0 amide bonds. The van der Waals surface area contributed by atoms with Gasteiger partial charge in [-0.3, -0.25) is 0 Å². The van der Waals surface area contributed by atoms with Gasteiger partial charge in [-0.2, -0.15) is 0 Å². The summed E-state index contributed by atoms with van der Waals surface area (Å²) in [6.07, 6.45) is 8.41. The molecule has 1 fully saturated rings. The third-order valence-electron chi connectivity index (χ3n) is 3.93. The van der Waals surface area contributed by atoms with Crippen LogP contribution >= 0.6 is 0 Å². The first-order valence-corrected chi connectivity index (χ1v) is 6.80. The van der Waals surface area contributed by atoms with Crippen LogP contribution in [0.5, 0.6) is 0 Å². The summed E-state index contributed by atoms with van der Waals surface area (Å²) in [6.45, 7) is 0. The second kappa shape index (κ2) is 6.06. The zero-order valence-electron chi connectivity index (χ0n) is 10.4. The Morgan fingerprint density at radius 2 is 1.88 bits per heavy atom. The highest BCUT2D eigenvalue weighted by Gasteiger charge is 2.16. The van der Waals surface area contributed by atoms with Crippen LogP contribution in [0.2, 0.25) is 0 Å². The van der Waals surface area contributed by atoms with Crippen LogP contribution in [0.25, 0.3) is 0 Å².